The molecule has 2 atom stereocenters. The third-order valence-corrected chi connectivity index (χ3v) is 6.67. The second kappa shape index (κ2) is 13.2. The Hall–Kier alpha value is -3.51. The van der Waals surface area contributed by atoms with Gasteiger partial charge < -0.3 is 14.4 Å². The Morgan fingerprint density at radius 2 is 1.59 bits per heavy atom. The SMILES string of the molecule is CCCCOCC(=O)N1C[C@H](Cc2ccccc2)C[C@H]1C(=O)Cc1ccc(Oc2ccc(F)cc2)cc1. The minimum Gasteiger partial charge on any atom is -0.457 e. The molecular formula is C31H34FNO4. The maximum atomic E-state index is 13.4. The lowest BCUT2D eigenvalue weighted by Crippen LogP contribution is -2.43. The van der Waals surface area contributed by atoms with Crippen LogP contribution in [0.5, 0.6) is 11.5 Å². The second-order valence-electron chi connectivity index (χ2n) is 9.60. The summed E-state index contributed by atoms with van der Waals surface area (Å²) in [5, 5.41) is 0. The second-order valence-corrected chi connectivity index (χ2v) is 9.60. The van der Waals surface area contributed by atoms with E-state index in [1.807, 2.05) is 30.3 Å². The number of unbranched alkanes of at least 4 members (excludes halogenated alkanes) is 1. The number of hydrogen-bond donors (Lipinski definition) is 0. The molecule has 1 aliphatic rings. The summed E-state index contributed by atoms with van der Waals surface area (Å²) in [5.74, 6) is 0.961. The summed E-state index contributed by atoms with van der Waals surface area (Å²) in [7, 11) is 0. The standard InChI is InChI=1S/C31H34FNO4/c1-2-3-17-36-22-31(35)33-21-25(18-23-7-5-4-6-8-23)19-29(33)30(34)20-24-9-13-27(14-10-24)37-28-15-11-26(32)12-16-28/h4-16,25,29H,2-3,17-22H2,1H3/t25-,29+/m1/s1. The lowest BCUT2D eigenvalue weighted by molar-refractivity contribution is -0.141. The Balaban J connectivity index is 1.39. The Morgan fingerprint density at radius 3 is 2.27 bits per heavy atom. The zero-order valence-electron chi connectivity index (χ0n) is 21.3. The van der Waals surface area contributed by atoms with Gasteiger partial charge in [-0.15, -0.1) is 0 Å². The van der Waals surface area contributed by atoms with Crippen LogP contribution in [0.25, 0.3) is 0 Å². The van der Waals surface area contributed by atoms with E-state index in [1.54, 1.807) is 29.2 Å². The maximum Gasteiger partial charge on any atom is 0.249 e. The van der Waals surface area contributed by atoms with Gasteiger partial charge in [0.25, 0.3) is 0 Å². The van der Waals surface area contributed by atoms with Crippen LogP contribution >= 0.6 is 0 Å². The van der Waals surface area contributed by atoms with Gasteiger partial charge in [0.1, 0.15) is 23.9 Å². The smallest absolute Gasteiger partial charge is 0.249 e. The summed E-state index contributed by atoms with van der Waals surface area (Å²) in [4.78, 5) is 28.2. The van der Waals surface area contributed by atoms with E-state index in [-0.39, 0.29) is 36.5 Å². The lowest BCUT2D eigenvalue weighted by atomic mass is 9.94. The molecule has 194 valence electrons. The molecule has 0 aromatic heterocycles. The molecule has 1 aliphatic heterocycles. The molecule has 0 unspecified atom stereocenters. The fraction of sp³-hybridized carbons (Fsp3) is 0.355. The first kappa shape index (κ1) is 26.6. The van der Waals surface area contributed by atoms with E-state index >= 15 is 0 Å². The molecule has 4 rings (SSSR count). The van der Waals surface area contributed by atoms with E-state index in [0.29, 0.717) is 31.1 Å². The largest absolute Gasteiger partial charge is 0.457 e. The average Bonchev–Trinajstić information content (AvgIpc) is 3.33. The number of hydrogen-bond acceptors (Lipinski definition) is 4. The molecule has 0 saturated carbocycles. The van der Waals surface area contributed by atoms with Crippen LogP contribution in [-0.2, 0) is 27.2 Å². The Kier molecular flexibility index (Phi) is 9.44. The predicted octanol–water partition coefficient (Wildman–Crippen LogP) is 6.01. The first-order chi connectivity index (χ1) is 18.0. The number of ether oxygens (including phenoxy) is 2. The molecule has 1 heterocycles. The molecule has 0 aliphatic carbocycles. The summed E-state index contributed by atoms with van der Waals surface area (Å²) < 4.78 is 24.4. The van der Waals surface area contributed by atoms with Crippen LogP contribution < -0.4 is 4.74 Å². The highest BCUT2D eigenvalue weighted by Gasteiger charge is 2.39. The van der Waals surface area contributed by atoms with E-state index in [1.165, 1.54) is 17.7 Å². The molecule has 6 heteroatoms. The van der Waals surface area contributed by atoms with Gasteiger partial charge in [-0.1, -0.05) is 55.8 Å². The third kappa shape index (κ3) is 7.73. The molecular weight excluding hydrogens is 469 g/mol. The summed E-state index contributed by atoms with van der Waals surface area (Å²) in [5.41, 5.74) is 2.07. The Bertz CT molecular complexity index is 1150. The molecule has 1 amide bonds. The molecule has 0 radical (unpaired) electrons. The van der Waals surface area contributed by atoms with Crippen LogP contribution in [0, 0.1) is 11.7 Å². The van der Waals surface area contributed by atoms with Crippen molar-refractivity contribution < 1.29 is 23.5 Å². The number of nitrogens with zero attached hydrogens (tertiary/aromatic N) is 1. The van der Waals surface area contributed by atoms with Crippen molar-refractivity contribution in [2.75, 3.05) is 19.8 Å². The third-order valence-electron chi connectivity index (χ3n) is 6.67. The first-order valence-electron chi connectivity index (χ1n) is 13.0. The molecule has 1 saturated heterocycles. The van der Waals surface area contributed by atoms with Crippen LogP contribution in [0.4, 0.5) is 4.39 Å². The van der Waals surface area contributed by atoms with Gasteiger partial charge in [-0.05, 0) is 72.7 Å². The van der Waals surface area contributed by atoms with Crippen LogP contribution in [0.2, 0.25) is 0 Å². The number of benzene rings is 3. The van der Waals surface area contributed by atoms with Gasteiger partial charge in [0.05, 0.1) is 6.04 Å². The molecule has 0 spiro atoms. The van der Waals surface area contributed by atoms with Crippen LogP contribution in [0.15, 0.2) is 78.9 Å². The van der Waals surface area contributed by atoms with Crippen molar-refractivity contribution in [1.82, 2.24) is 4.90 Å². The highest BCUT2D eigenvalue weighted by molar-refractivity contribution is 5.91. The first-order valence-corrected chi connectivity index (χ1v) is 13.0. The number of carbonyl (C=O) groups excluding carboxylic acids is 2. The number of ketones is 1. The van der Waals surface area contributed by atoms with Gasteiger partial charge in [0, 0.05) is 19.6 Å². The van der Waals surface area contributed by atoms with Crippen molar-refractivity contribution in [3.05, 3.63) is 95.8 Å². The van der Waals surface area contributed by atoms with Gasteiger partial charge in [0.2, 0.25) is 5.91 Å². The molecule has 0 N–H and O–H groups in total. The van der Waals surface area contributed by atoms with E-state index in [0.717, 1.165) is 24.8 Å². The van der Waals surface area contributed by atoms with Crippen molar-refractivity contribution in [2.45, 2.75) is 45.1 Å². The van der Waals surface area contributed by atoms with Crippen molar-refractivity contribution in [2.24, 2.45) is 5.92 Å². The van der Waals surface area contributed by atoms with E-state index < -0.39 is 6.04 Å². The van der Waals surface area contributed by atoms with Crippen molar-refractivity contribution in [3.8, 4) is 11.5 Å². The Morgan fingerprint density at radius 1 is 0.919 bits per heavy atom. The number of amides is 1. The number of carbonyl (C=O) groups is 2. The fourth-order valence-electron chi connectivity index (χ4n) is 4.72. The normalized spacial score (nSPS) is 17.1. The van der Waals surface area contributed by atoms with Gasteiger partial charge in [-0.3, -0.25) is 9.59 Å². The van der Waals surface area contributed by atoms with Gasteiger partial charge in [-0.2, -0.15) is 0 Å². The topological polar surface area (TPSA) is 55.8 Å². The number of likely N-dealkylation sites (tertiary alicyclic amines) is 1. The van der Waals surface area contributed by atoms with Gasteiger partial charge >= 0.3 is 0 Å². The molecule has 3 aromatic carbocycles. The summed E-state index contributed by atoms with van der Waals surface area (Å²) in [6.07, 6.45) is 3.64. The van der Waals surface area contributed by atoms with Crippen molar-refractivity contribution >= 4 is 11.7 Å². The maximum absolute atomic E-state index is 13.4. The zero-order chi connectivity index (χ0) is 26.0. The number of rotatable bonds is 12. The molecule has 3 aromatic rings. The van der Waals surface area contributed by atoms with Gasteiger partial charge in [-0.25, -0.2) is 4.39 Å². The minimum absolute atomic E-state index is 0.0112. The summed E-state index contributed by atoms with van der Waals surface area (Å²) in [6, 6.07) is 22.9. The average molecular weight is 504 g/mol. The van der Waals surface area contributed by atoms with Crippen LogP contribution in [0.1, 0.15) is 37.3 Å². The highest BCUT2D eigenvalue weighted by atomic mass is 19.1. The van der Waals surface area contributed by atoms with Crippen LogP contribution in [0.3, 0.4) is 0 Å². The number of Topliss-reactive ketones (excluding diaryl/α,β-unsaturated/α-hetero) is 1. The van der Waals surface area contributed by atoms with Crippen molar-refractivity contribution in [1.29, 1.82) is 0 Å². The molecule has 0 bridgehead atoms. The Labute approximate surface area is 218 Å². The van der Waals surface area contributed by atoms with E-state index in [9.17, 15) is 14.0 Å². The molecule has 5 nitrogen and oxygen atoms in total. The van der Waals surface area contributed by atoms with E-state index in [2.05, 4.69) is 19.1 Å². The van der Waals surface area contributed by atoms with Gasteiger partial charge in [0.15, 0.2) is 5.78 Å². The van der Waals surface area contributed by atoms with E-state index in [4.69, 9.17) is 9.47 Å². The zero-order valence-corrected chi connectivity index (χ0v) is 21.3. The molecule has 37 heavy (non-hydrogen) atoms. The van der Waals surface area contributed by atoms with Crippen LogP contribution in [-0.4, -0.2) is 42.4 Å². The van der Waals surface area contributed by atoms with Crippen molar-refractivity contribution in [3.63, 3.8) is 0 Å². The fourth-order valence-corrected chi connectivity index (χ4v) is 4.72. The monoisotopic (exact) mass is 503 g/mol. The highest BCUT2D eigenvalue weighted by Crippen LogP contribution is 2.29. The quantitative estimate of drug-likeness (QED) is 0.284. The minimum atomic E-state index is -0.453. The molecule has 1 fully saturated rings. The summed E-state index contributed by atoms with van der Waals surface area (Å²) in [6.45, 7) is 3.20. The number of halogens is 1. The summed E-state index contributed by atoms with van der Waals surface area (Å²) >= 11 is 0. The lowest BCUT2D eigenvalue weighted by Gasteiger charge is -2.24. The predicted molar refractivity (Wildman–Crippen MR) is 141 cm³/mol.